The Bertz CT molecular complexity index is 1150. The Morgan fingerprint density at radius 1 is 0.964 bits per heavy atom. The molecule has 1 aliphatic heterocycles. The topological polar surface area (TPSA) is 52.6 Å². The maximum absolute atomic E-state index is 12.4. The number of ether oxygens (including phenoxy) is 1. The Morgan fingerprint density at radius 2 is 1.71 bits per heavy atom. The zero-order valence-corrected chi connectivity index (χ0v) is 16.9. The van der Waals surface area contributed by atoms with Crippen molar-refractivity contribution in [1.29, 1.82) is 0 Å². The third-order valence-corrected chi connectivity index (χ3v) is 6.44. The van der Waals surface area contributed by atoms with Crippen molar-refractivity contribution in [3.63, 3.8) is 0 Å². The minimum atomic E-state index is -3.82. The van der Waals surface area contributed by atoms with E-state index in [2.05, 4.69) is 25.1 Å². The second-order valence-electron chi connectivity index (χ2n) is 7.14. The number of hydrogen-bond donors (Lipinski definition) is 0. The molecule has 4 nitrogen and oxygen atoms in total. The van der Waals surface area contributed by atoms with Crippen molar-refractivity contribution < 1.29 is 17.3 Å². The first-order valence-corrected chi connectivity index (χ1v) is 10.6. The van der Waals surface area contributed by atoms with Gasteiger partial charge in [-0.2, -0.15) is 8.42 Å². The summed E-state index contributed by atoms with van der Waals surface area (Å²) in [6, 6.07) is 19.6. The molecule has 0 bridgehead atoms. The zero-order valence-electron chi connectivity index (χ0n) is 16.1. The Labute approximate surface area is 165 Å². The Hall–Kier alpha value is -2.63. The van der Waals surface area contributed by atoms with Gasteiger partial charge in [0, 0.05) is 17.5 Å². The molecule has 1 unspecified atom stereocenters. The van der Waals surface area contributed by atoms with E-state index in [-0.39, 0.29) is 11.0 Å². The molecule has 0 spiro atoms. The SMILES string of the molecule is COS(=O)(=O)c1ccc(C)cc1C1Cc2cccc(-c3cccc(C)c3)c2O1. The number of aryl methyl sites for hydroxylation is 2. The first-order chi connectivity index (χ1) is 13.4. The maximum Gasteiger partial charge on any atom is 0.297 e. The summed E-state index contributed by atoms with van der Waals surface area (Å²) >= 11 is 0. The molecule has 3 aromatic rings. The van der Waals surface area contributed by atoms with E-state index in [1.54, 1.807) is 12.1 Å². The van der Waals surface area contributed by atoms with Crippen LogP contribution in [0.4, 0.5) is 0 Å². The van der Waals surface area contributed by atoms with E-state index in [9.17, 15) is 8.42 Å². The minimum Gasteiger partial charge on any atom is -0.484 e. The molecule has 0 aliphatic carbocycles. The van der Waals surface area contributed by atoms with Crippen LogP contribution in [0, 0.1) is 13.8 Å². The standard InChI is InChI=1S/C23H22O4S/c1-15-6-4-7-17(12-15)19-9-5-8-18-14-21(27-23(18)19)20-13-16(2)10-11-22(20)28(24,25)26-3/h4-13,21H,14H2,1-3H3. The Kier molecular flexibility index (Phi) is 4.73. The molecule has 1 aliphatic rings. The van der Waals surface area contributed by atoms with E-state index in [1.165, 1.54) is 12.7 Å². The molecule has 144 valence electrons. The molecule has 0 saturated heterocycles. The van der Waals surface area contributed by atoms with Gasteiger partial charge in [-0.3, -0.25) is 4.18 Å². The second-order valence-corrected chi connectivity index (χ2v) is 8.82. The van der Waals surface area contributed by atoms with E-state index in [0.717, 1.165) is 28.0 Å². The predicted molar refractivity (Wildman–Crippen MR) is 109 cm³/mol. The van der Waals surface area contributed by atoms with Crippen LogP contribution < -0.4 is 4.74 Å². The number of rotatable bonds is 4. The summed E-state index contributed by atoms with van der Waals surface area (Å²) in [5.41, 5.74) is 5.97. The highest BCUT2D eigenvalue weighted by Gasteiger charge is 2.31. The van der Waals surface area contributed by atoms with Gasteiger partial charge in [-0.25, -0.2) is 0 Å². The average molecular weight is 394 g/mol. The summed E-state index contributed by atoms with van der Waals surface area (Å²) in [6.45, 7) is 4.00. The molecule has 5 heteroatoms. The van der Waals surface area contributed by atoms with Gasteiger partial charge in [0.15, 0.2) is 0 Å². The molecule has 0 saturated carbocycles. The lowest BCUT2D eigenvalue weighted by Crippen LogP contribution is -2.12. The van der Waals surface area contributed by atoms with Gasteiger partial charge in [-0.1, -0.05) is 65.7 Å². The summed E-state index contributed by atoms with van der Waals surface area (Å²) < 4.78 is 35.9. The molecule has 0 N–H and O–H groups in total. The van der Waals surface area contributed by atoms with E-state index >= 15 is 0 Å². The smallest absolute Gasteiger partial charge is 0.297 e. The van der Waals surface area contributed by atoms with Gasteiger partial charge in [0.1, 0.15) is 16.7 Å². The molecule has 0 aromatic heterocycles. The van der Waals surface area contributed by atoms with E-state index in [0.29, 0.717) is 12.0 Å². The van der Waals surface area contributed by atoms with Crippen LogP contribution in [0.15, 0.2) is 65.6 Å². The minimum absolute atomic E-state index is 0.163. The lowest BCUT2D eigenvalue weighted by molar-refractivity contribution is 0.235. The van der Waals surface area contributed by atoms with Crippen molar-refractivity contribution in [3.8, 4) is 16.9 Å². The fraction of sp³-hybridized carbons (Fsp3) is 0.217. The van der Waals surface area contributed by atoms with Gasteiger partial charge >= 0.3 is 0 Å². The van der Waals surface area contributed by atoms with Gasteiger partial charge in [0.2, 0.25) is 0 Å². The zero-order chi connectivity index (χ0) is 19.9. The molecular formula is C23H22O4S. The fourth-order valence-electron chi connectivity index (χ4n) is 3.72. The lowest BCUT2D eigenvalue weighted by atomic mass is 9.98. The van der Waals surface area contributed by atoms with Crippen molar-refractivity contribution in [1.82, 2.24) is 0 Å². The summed E-state index contributed by atoms with van der Waals surface area (Å²) in [6.07, 6.45) is 0.241. The fourth-order valence-corrected chi connectivity index (χ4v) is 4.61. The van der Waals surface area contributed by atoms with Gasteiger partial charge < -0.3 is 4.74 Å². The number of benzene rings is 3. The summed E-state index contributed by atoms with van der Waals surface area (Å²) in [5.74, 6) is 0.820. The van der Waals surface area contributed by atoms with Crippen molar-refractivity contribution in [2.24, 2.45) is 0 Å². The van der Waals surface area contributed by atoms with Crippen molar-refractivity contribution in [3.05, 3.63) is 82.9 Å². The number of para-hydroxylation sites is 1. The first kappa shape index (κ1) is 18.7. The van der Waals surface area contributed by atoms with Crippen LogP contribution in [0.3, 0.4) is 0 Å². The van der Waals surface area contributed by atoms with Crippen LogP contribution >= 0.6 is 0 Å². The number of hydrogen-bond acceptors (Lipinski definition) is 4. The Balaban J connectivity index is 1.78. The second kappa shape index (κ2) is 7.08. The van der Waals surface area contributed by atoms with Gasteiger partial charge in [0.05, 0.1) is 7.11 Å². The van der Waals surface area contributed by atoms with E-state index in [4.69, 9.17) is 8.92 Å². The van der Waals surface area contributed by atoms with E-state index in [1.807, 2.05) is 37.3 Å². The molecular weight excluding hydrogens is 372 g/mol. The van der Waals surface area contributed by atoms with Crippen LogP contribution in [-0.2, 0) is 20.7 Å². The third-order valence-electron chi connectivity index (χ3n) is 5.09. The van der Waals surface area contributed by atoms with Gasteiger partial charge in [0.25, 0.3) is 10.1 Å². The normalized spacial score (nSPS) is 15.9. The van der Waals surface area contributed by atoms with Crippen LogP contribution in [0.25, 0.3) is 11.1 Å². The highest BCUT2D eigenvalue weighted by Crippen LogP contribution is 2.44. The largest absolute Gasteiger partial charge is 0.484 e. The molecule has 0 amide bonds. The van der Waals surface area contributed by atoms with Crippen molar-refractivity contribution >= 4 is 10.1 Å². The summed E-state index contributed by atoms with van der Waals surface area (Å²) in [5, 5.41) is 0. The Morgan fingerprint density at radius 3 is 2.46 bits per heavy atom. The summed E-state index contributed by atoms with van der Waals surface area (Å²) in [7, 11) is -2.64. The summed E-state index contributed by atoms with van der Waals surface area (Å²) in [4.78, 5) is 0.163. The third kappa shape index (κ3) is 3.32. The molecule has 0 fully saturated rings. The first-order valence-electron chi connectivity index (χ1n) is 9.16. The van der Waals surface area contributed by atoms with Gasteiger partial charge in [-0.05, 0) is 31.0 Å². The van der Waals surface area contributed by atoms with Crippen molar-refractivity contribution in [2.75, 3.05) is 7.11 Å². The van der Waals surface area contributed by atoms with Crippen molar-refractivity contribution in [2.45, 2.75) is 31.3 Å². The van der Waals surface area contributed by atoms with Crippen LogP contribution in [0.5, 0.6) is 5.75 Å². The monoisotopic (exact) mass is 394 g/mol. The van der Waals surface area contributed by atoms with Crippen LogP contribution in [0.1, 0.15) is 28.4 Å². The molecule has 28 heavy (non-hydrogen) atoms. The average Bonchev–Trinajstić information content (AvgIpc) is 3.12. The highest BCUT2D eigenvalue weighted by molar-refractivity contribution is 7.86. The molecule has 1 atom stereocenters. The maximum atomic E-state index is 12.4. The van der Waals surface area contributed by atoms with Crippen LogP contribution in [-0.4, -0.2) is 15.5 Å². The van der Waals surface area contributed by atoms with E-state index < -0.39 is 10.1 Å². The molecule has 0 radical (unpaired) electrons. The molecule has 1 heterocycles. The lowest BCUT2D eigenvalue weighted by Gasteiger charge is -2.17. The molecule has 3 aromatic carbocycles. The predicted octanol–water partition coefficient (Wildman–Crippen LogP) is 4.98. The van der Waals surface area contributed by atoms with Crippen LogP contribution in [0.2, 0.25) is 0 Å². The molecule has 4 rings (SSSR count). The highest BCUT2D eigenvalue weighted by atomic mass is 32.2. The quantitative estimate of drug-likeness (QED) is 0.586. The number of fused-ring (bicyclic) bond motifs is 1. The van der Waals surface area contributed by atoms with Gasteiger partial charge in [-0.15, -0.1) is 0 Å².